The number of fused-ring (bicyclic) bond motifs is 1. The molecule has 1 amide bonds. The molecule has 7 nitrogen and oxygen atoms in total. The molecule has 1 aliphatic carbocycles. The van der Waals surface area contributed by atoms with Crippen LogP contribution in [0.4, 0.5) is 0 Å². The maximum absolute atomic E-state index is 13.4. The third-order valence-electron chi connectivity index (χ3n) is 5.92. The van der Waals surface area contributed by atoms with Gasteiger partial charge in [-0.05, 0) is 65.5 Å². The van der Waals surface area contributed by atoms with Crippen molar-refractivity contribution in [3.8, 4) is 11.3 Å². The molecule has 0 saturated heterocycles. The number of aromatic nitrogens is 3. The Balaban J connectivity index is 0.00000171. The summed E-state index contributed by atoms with van der Waals surface area (Å²) in [4.78, 5) is 18.2. The smallest absolute Gasteiger partial charge is 0.252 e. The molecule has 0 spiro atoms. The number of furan rings is 1. The van der Waals surface area contributed by atoms with Crippen molar-refractivity contribution in [1.82, 2.24) is 20.1 Å². The third kappa shape index (κ3) is 4.59. The topological polar surface area (TPSA) is 99.0 Å². The average Bonchev–Trinajstić information content (AvgIpc) is 3.36. The van der Waals surface area contributed by atoms with Crippen LogP contribution < -0.4 is 11.1 Å². The fourth-order valence-corrected chi connectivity index (χ4v) is 3.97. The number of hydrogen-bond donors (Lipinski definition) is 2. The Morgan fingerprint density at radius 3 is 2.52 bits per heavy atom. The molecule has 1 fully saturated rings. The highest BCUT2D eigenvalue weighted by atomic mass is 35.5. The molecular weight excluding hydrogens is 437 g/mol. The lowest BCUT2D eigenvalue weighted by Crippen LogP contribution is -2.53. The first kappa shape index (κ1) is 25.2. The van der Waals surface area contributed by atoms with Crippen molar-refractivity contribution in [2.75, 3.05) is 6.54 Å². The van der Waals surface area contributed by atoms with Gasteiger partial charge >= 0.3 is 0 Å². The lowest BCUT2D eigenvalue weighted by molar-refractivity contribution is 0.0899. The Labute approximate surface area is 195 Å². The predicted octanol–water partition coefficient (Wildman–Crippen LogP) is 4.59. The van der Waals surface area contributed by atoms with E-state index >= 15 is 0 Å². The second-order valence-corrected chi connectivity index (χ2v) is 8.65. The summed E-state index contributed by atoms with van der Waals surface area (Å²) in [6.45, 7) is 10.4. The van der Waals surface area contributed by atoms with Gasteiger partial charge in [0.15, 0.2) is 5.65 Å². The van der Waals surface area contributed by atoms with Crippen molar-refractivity contribution in [3.05, 3.63) is 35.4 Å². The van der Waals surface area contributed by atoms with Crippen LogP contribution in [0.2, 0.25) is 0 Å². The number of pyridine rings is 1. The maximum Gasteiger partial charge on any atom is 0.252 e. The SMILES string of the molecule is Cc1cc(-c2cc(C(=O)NC(C)(CN)C3CC3)c3cnn(C(C)C)c3n2)c(C)o1.Cl.Cl. The Morgan fingerprint density at radius 2 is 2.00 bits per heavy atom. The summed E-state index contributed by atoms with van der Waals surface area (Å²) in [5.74, 6) is 1.89. The van der Waals surface area contributed by atoms with E-state index in [-0.39, 0.29) is 36.8 Å². The van der Waals surface area contributed by atoms with Gasteiger partial charge in [0.1, 0.15) is 11.5 Å². The highest BCUT2D eigenvalue weighted by Crippen LogP contribution is 2.39. The van der Waals surface area contributed by atoms with E-state index in [1.807, 2.05) is 51.4 Å². The molecule has 3 N–H and O–H groups in total. The van der Waals surface area contributed by atoms with Crippen LogP contribution in [-0.4, -0.2) is 32.8 Å². The van der Waals surface area contributed by atoms with Gasteiger partial charge in [0.2, 0.25) is 0 Å². The van der Waals surface area contributed by atoms with Crippen LogP contribution in [0.15, 0.2) is 22.7 Å². The lowest BCUT2D eigenvalue weighted by atomic mass is 9.95. The molecule has 0 radical (unpaired) electrons. The van der Waals surface area contributed by atoms with Crippen molar-refractivity contribution in [1.29, 1.82) is 0 Å². The zero-order chi connectivity index (χ0) is 20.9. The molecule has 31 heavy (non-hydrogen) atoms. The summed E-state index contributed by atoms with van der Waals surface area (Å²) in [5.41, 5.74) is 8.48. The molecule has 1 aliphatic rings. The lowest BCUT2D eigenvalue weighted by Gasteiger charge is -2.29. The summed E-state index contributed by atoms with van der Waals surface area (Å²) >= 11 is 0. The summed E-state index contributed by atoms with van der Waals surface area (Å²) in [6.07, 6.45) is 3.93. The highest BCUT2D eigenvalue weighted by Gasteiger charge is 2.42. The molecule has 0 aliphatic heterocycles. The molecule has 4 rings (SSSR count). The predicted molar refractivity (Wildman–Crippen MR) is 127 cm³/mol. The fourth-order valence-electron chi connectivity index (χ4n) is 3.97. The highest BCUT2D eigenvalue weighted by molar-refractivity contribution is 6.06. The Hall–Kier alpha value is -2.09. The number of carbonyl (C=O) groups excluding carboxylic acids is 1. The second-order valence-electron chi connectivity index (χ2n) is 8.65. The first-order valence-electron chi connectivity index (χ1n) is 10.2. The maximum atomic E-state index is 13.4. The molecule has 0 aromatic carbocycles. The van der Waals surface area contributed by atoms with Gasteiger partial charge in [-0.3, -0.25) is 4.79 Å². The molecule has 9 heteroatoms. The standard InChI is InChI=1S/C22H29N5O2.2ClH/c1-12(2)27-20-18(10-24-27)17(21(28)26-22(5,11-23)15-6-7-15)9-19(25-20)16-8-13(3)29-14(16)4;;/h8-10,12,15H,6-7,11,23H2,1-5H3,(H,26,28);2*1H. The van der Waals surface area contributed by atoms with E-state index in [0.717, 1.165) is 35.3 Å². The molecule has 1 atom stereocenters. The first-order valence-corrected chi connectivity index (χ1v) is 10.2. The second kappa shape index (κ2) is 9.18. The normalized spacial score (nSPS) is 15.3. The molecular formula is C22H31Cl2N5O2. The number of carbonyl (C=O) groups is 1. The molecule has 170 valence electrons. The van der Waals surface area contributed by atoms with Gasteiger partial charge in [0, 0.05) is 18.2 Å². The minimum Gasteiger partial charge on any atom is -0.466 e. The van der Waals surface area contributed by atoms with Crippen LogP contribution in [0.25, 0.3) is 22.3 Å². The van der Waals surface area contributed by atoms with Crippen LogP contribution >= 0.6 is 24.8 Å². The van der Waals surface area contributed by atoms with E-state index < -0.39 is 5.54 Å². The first-order chi connectivity index (χ1) is 13.7. The molecule has 3 heterocycles. The quantitative estimate of drug-likeness (QED) is 0.551. The minimum atomic E-state index is -0.400. The van der Waals surface area contributed by atoms with Crippen molar-refractivity contribution in [2.45, 2.75) is 59.0 Å². The van der Waals surface area contributed by atoms with Gasteiger partial charge in [0.25, 0.3) is 5.91 Å². The van der Waals surface area contributed by atoms with Gasteiger partial charge in [-0.2, -0.15) is 5.10 Å². The van der Waals surface area contributed by atoms with E-state index in [0.29, 0.717) is 29.4 Å². The van der Waals surface area contributed by atoms with E-state index in [4.69, 9.17) is 15.1 Å². The number of aryl methyl sites for hydroxylation is 2. The summed E-state index contributed by atoms with van der Waals surface area (Å²) < 4.78 is 7.55. The van der Waals surface area contributed by atoms with E-state index in [2.05, 4.69) is 10.4 Å². The number of halogens is 2. The number of nitrogens with one attached hydrogen (secondary N) is 1. The Kier molecular flexibility index (Phi) is 7.46. The van der Waals surface area contributed by atoms with Gasteiger partial charge < -0.3 is 15.5 Å². The number of rotatable bonds is 6. The number of hydrogen-bond acceptors (Lipinski definition) is 5. The third-order valence-corrected chi connectivity index (χ3v) is 5.92. The van der Waals surface area contributed by atoms with Crippen LogP contribution in [0.5, 0.6) is 0 Å². The molecule has 1 unspecified atom stereocenters. The molecule has 1 saturated carbocycles. The Morgan fingerprint density at radius 1 is 1.32 bits per heavy atom. The Bertz CT molecular complexity index is 1090. The van der Waals surface area contributed by atoms with Gasteiger partial charge in [0.05, 0.1) is 28.4 Å². The average molecular weight is 468 g/mol. The van der Waals surface area contributed by atoms with E-state index in [1.165, 1.54) is 0 Å². The largest absolute Gasteiger partial charge is 0.466 e. The zero-order valence-corrected chi connectivity index (χ0v) is 20.2. The number of nitrogens with two attached hydrogens (primary N) is 1. The van der Waals surface area contributed by atoms with Crippen molar-refractivity contribution in [2.24, 2.45) is 11.7 Å². The van der Waals surface area contributed by atoms with Gasteiger partial charge in [-0.15, -0.1) is 24.8 Å². The van der Waals surface area contributed by atoms with Crippen LogP contribution in [-0.2, 0) is 0 Å². The molecule has 0 bridgehead atoms. The summed E-state index contributed by atoms with van der Waals surface area (Å²) in [6, 6.07) is 3.92. The van der Waals surface area contributed by atoms with Crippen molar-refractivity contribution >= 4 is 41.8 Å². The van der Waals surface area contributed by atoms with Crippen LogP contribution in [0, 0.1) is 19.8 Å². The zero-order valence-electron chi connectivity index (χ0n) is 18.6. The van der Waals surface area contributed by atoms with E-state index in [9.17, 15) is 4.79 Å². The summed E-state index contributed by atoms with van der Waals surface area (Å²) in [5, 5.41) is 8.43. The van der Waals surface area contributed by atoms with Crippen molar-refractivity contribution in [3.63, 3.8) is 0 Å². The van der Waals surface area contributed by atoms with E-state index in [1.54, 1.807) is 6.20 Å². The number of nitrogens with zero attached hydrogens (tertiary/aromatic N) is 3. The summed E-state index contributed by atoms with van der Waals surface area (Å²) in [7, 11) is 0. The monoisotopic (exact) mass is 467 g/mol. The minimum absolute atomic E-state index is 0. The molecule has 3 aromatic rings. The fraction of sp³-hybridized carbons (Fsp3) is 0.500. The van der Waals surface area contributed by atoms with Gasteiger partial charge in [-0.25, -0.2) is 9.67 Å². The van der Waals surface area contributed by atoms with Crippen molar-refractivity contribution < 1.29 is 9.21 Å². The molecule has 3 aromatic heterocycles. The number of amides is 1. The van der Waals surface area contributed by atoms with Crippen LogP contribution in [0.1, 0.15) is 61.5 Å². The van der Waals surface area contributed by atoms with Crippen LogP contribution in [0.3, 0.4) is 0 Å². The van der Waals surface area contributed by atoms with Gasteiger partial charge in [-0.1, -0.05) is 0 Å².